The predicted octanol–water partition coefficient (Wildman–Crippen LogP) is 3.53. The number of aromatic amines is 2. The summed E-state index contributed by atoms with van der Waals surface area (Å²) in [5.41, 5.74) is 0.949. The summed E-state index contributed by atoms with van der Waals surface area (Å²) >= 11 is 3.05. The molecule has 3 aromatic heterocycles. The second-order valence-corrected chi connectivity index (χ2v) is 8.00. The molecule has 2 N–H and O–H groups in total. The van der Waals surface area contributed by atoms with Crippen LogP contribution in [0, 0.1) is 13.8 Å². The van der Waals surface area contributed by atoms with Gasteiger partial charge in [-0.25, -0.2) is 9.97 Å². The number of rotatable bonds is 5. The first-order valence-corrected chi connectivity index (χ1v) is 9.27. The first-order valence-electron chi connectivity index (χ1n) is 7.57. The van der Waals surface area contributed by atoms with E-state index < -0.39 is 0 Å². The monoisotopic (exact) mass is 349 g/mol. The van der Waals surface area contributed by atoms with Crippen LogP contribution < -0.4 is 5.56 Å². The second kappa shape index (κ2) is 6.45. The van der Waals surface area contributed by atoms with Crippen LogP contribution in [0.3, 0.4) is 0 Å². The standard InChI is InChI=1S/C15H19N5OS2/c1-5-6-10-16-15(20-19-10)23-9(4)12-17-13(21)11-7(2)8(3)22-14(11)18-12/h9H,5-6H2,1-4H3,(H,16,19,20)(H,17,18,21)/t9-/m1/s1. The third kappa shape index (κ3) is 3.18. The van der Waals surface area contributed by atoms with Crippen LogP contribution in [0.25, 0.3) is 10.2 Å². The Morgan fingerprint density at radius 2 is 2.09 bits per heavy atom. The summed E-state index contributed by atoms with van der Waals surface area (Å²) < 4.78 is 0. The van der Waals surface area contributed by atoms with Crippen LogP contribution in [0.4, 0.5) is 0 Å². The summed E-state index contributed by atoms with van der Waals surface area (Å²) in [6, 6.07) is 0. The Morgan fingerprint density at radius 3 is 2.83 bits per heavy atom. The highest BCUT2D eigenvalue weighted by atomic mass is 32.2. The maximum atomic E-state index is 12.3. The predicted molar refractivity (Wildman–Crippen MR) is 94.4 cm³/mol. The van der Waals surface area contributed by atoms with Crippen LogP contribution >= 0.6 is 23.1 Å². The van der Waals surface area contributed by atoms with Gasteiger partial charge in [0.2, 0.25) is 5.16 Å². The third-order valence-electron chi connectivity index (χ3n) is 3.72. The molecule has 8 heteroatoms. The van der Waals surface area contributed by atoms with Gasteiger partial charge in [-0.2, -0.15) is 0 Å². The maximum absolute atomic E-state index is 12.3. The van der Waals surface area contributed by atoms with Crippen molar-refractivity contribution in [2.24, 2.45) is 0 Å². The summed E-state index contributed by atoms with van der Waals surface area (Å²) in [5, 5.41) is 8.52. The minimum Gasteiger partial charge on any atom is -0.309 e. The van der Waals surface area contributed by atoms with Gasteiger partial charge in [0, 0.05) is 11.3 Å². The summed E-state index contributed by atoms with van der Waals surface area (Å²) in [6.45, 7) is 8.08. The van der Waals surface area contributed by atoms with Gasteiger partial charge in [-0.15, -0.1) is 16.4 Å². The Balaban J connectivity index is 1.88. The Hall–Kier alpha value is -1.67. The molecule has 3 aromatic rings. The second-order valence-electron chi connectivity index (χ2n) is 5.49. The molecule has 0 amide bonds. The van der Waals surface area contributed by atoms with Gasteiger partial charge in [-0.3, -0.25) is 9.89 Å². The van der Waals surface area contributed by atoms with Crippen LogP contribution in [0.1, 0.15) is 47.6 Å². The molecule has 0 aliphatic heterocycles. The zero-order valence-electron chi connectivity index (χ0n) is 13.6. The SMILES string of the molecule is CCCc1nc(S[C@H](C)c2nc3sc(C)c(C)c3c(=O)[nH]2)n[nH]1. The van der Waals surface area contributed by atoms with E-state index in [0.29, 0.717) is 16.4 Å². The molecule has 3 rings (SSSR count). The smallest absolute Gasteiger partial charge is 0.259 e. The van der Waals surface area contributed by atoms with Gasteiger partial charge in [-0.1, -0.05) is 18.7 Å². The highest BCUT2D eigenvalue weighted by Crippen LogP contribution is 2.32. The molecule has 0 spiro atoms. The number of fused-ring (bicyclic) bond motifs is 1. The van der Waals surface area contributed by atoms with Gasteiger partial charge in [0.1, 0.15) is 16.5 Å². The van der Waals surface area contributed by atoms with Gasteiger partial charge < -0.3 is 4.98 Å². The molecule has 0 fully saturated rings. The third-order valence-corrected chi connectivity index (χ3v) is 5.79. The van der Waals surface area contributed by atoms with Crippen LogP contribution in [0.5, 0.6) is 0 Å². The van der Waals surface area contributed by atoms with E-state index in [-0.39, 0.29) is 10.8 Å². The van der Waals surface area contributed by atoms with E-state index in [0.717, 1.165) is 33.9 Å². The number of nitrogens with zero attached hydrogens (tertiary/aromatic N) is 3. The van der Waals surface area contributed by atoms with Crippen molar-refractivity contribution in [3.8, 4) is 0 Å². The molecular weight excluding hydrogens is 330 g/mol. The van der Waals surface area contributed by atoms with E-state index in [1.807, 2.05) is 20.8 Å². The van der Waals surface area contributed by atoms with Crippen molar-refractivity contribution in [3.63, 3.8) is 0 Å². The fourth-order valence-corrected chi connectivity index (χ4v) is 4.19. The lowest BCUT2D eigenvalue weighted by molar-refractivity contribution is 0.840. The number of thiophene rings is 1. The molecule has 0 unspecified atom stereocenters. The van der Waals surface area contributed by atoms with Crippen molar-refractivity contribution >= 4 is 33.3 Å². The quantitative estimate of drug-likeness (QED) is 0.688. The van der Waals surface area contributed by atoms with Crippen molar-refractivity contribution in [2.75, 3.05) is 0 Å². The maximum Gasteiger partial charge on any atom is 0.259 e. The van der Waals surface area contributed by atoms with E-state index in [9.17, 15) is 4.79 Å². The number of aryl methyl sites for hydroxylation is 3. The van der Waals surface area contributed by atoms with Crippen molar-refractivity contribution in [2.45, 2.75) is 50.9 Å². The fraction of sp³-hybridized carbons (Fsp3) is 0.467. The zero-order chi connectivity index (χ0) is 16.6. The Labute approximate surface area is 142 Å². The van der Waals surface area contributed by atoms with Gasteiger partial charge in [0.15, 0.2) is 0 Å². The number of hydrogen-bond donors (Lipinski definition) is 2. The Kier molecular flexibility index (Phi) is 4.54. The first-order chi connectivity index (χ1) is 11.0. The molecule has 122 valence electrons. The van der Waals surface area contributed by atoms with E-state index in [1.54, 1.807) is 11.3 Å². The molecule has 0 radical (unpaired) electrons. The molecule has 0 bridgehead atoms. The van der Waals surface area contributed by atoms with Crippen molar-refractivity contribution in [1.82, 2.24) is 25.1 Å². The molecule has 23 heavy (non-hydrogen) atoms. The minimum atomic E-state index is -0.0686. The summed E-state index contributed by atoms with van der Waals surface area (Å²) in [6.07, 6.45) is 1.91. The molecular formula is C15H19N5OS2. The molecule has 0 saturated heterocycles. The van der Waals surface area contributed by atoms with Crippen LogP contribution in [0.15, 0.2) is 9.95 Å². The molecule has 0 aliphatic carbocycles. The van der Waals surface area contributed by atoms with E-state index in [2.05, 4.69) is 32.1 Å². The highest BCUT2D eigenvalue weighted by molar-refractivity contribution is 7.99. The lowest BCUT2D eigenvalue weighted by Gasteiger charge is -2.07. The summed E-state index contributed by atoms with van der Waals surface area (Å²) in [4.78, 5) is 26.3. The largest absolute Gasteiger partial charge is 0.309 e. The summed E-state index contributed by atoms with van der Waals surface area (Å²) in [5.74, 6) is 1.55. The molecule has 6 nitrogen and oxygen atoms in total. The number of nitrogens with one attached hydrogen (secondary N) is 2. The average molecular weight is 349 g/mol. The average Bonchev–Trinajstić information content (AvgIpc) is 3.05. The Bertz CT molecular complexity index is 895. The van der Waals surface area contributed by atoms with Gasteiger partial charge in [0.05, 0.1) is 10.6 Å². The molecule has 0 aliphatic rings. The molecule has 3 heterocycles. The Morgan fingerprint density at radius 1 is 1.30 bits per heavy atom. The van der Waals surface area contributed by atoms with E-state index >= 15 is 0 Å². The van der Waals surface area contributed by atoms with Gasteiger partial charge >= 0.3 is 0 Å². The van der Waals surface area contributed by atoms with Crippen molar-refractivity contribution in [1.29, 1.82) is 0 Å². The lowest BCUT2D eigenvalue weighted by Crippen LogP contribution is -2.12. The lowest BCUT2D eigenvalue weighted by atomic mass is 10.2. The number of aromatic nitrogens is 5. The first kappa shape index (κ1) is 16.2. The number of thioether (sulfide) groups is 1. The van der Waals surface area contributed by atoms with Crippen LogP contribution in [0.2, 0.25) is 0 Å². The van der Waals surface area contributed by atoms with Gasteiger partial charge in [0.25, 0.3) is 5.56 Å². The minimum absolute atomic E-state index is 0.0277. The molecule has 1 atom stereocenters. The van der Waals surface area contributed by atoms with E-state index in [1.165, 1.54) is 11.8 Å². The normalized spacial score (nSPS) is 12.9. The highest BCUT2D eigenvalue weighted by Gasteiger charge is 2.17. The van der Waals surface area contributed by atoms with Gasteiger partial charge in [-0.05, 0) is 32.8 Å². The van der Waals surface area contributed by atoms with Crippen LogP contribution in [-0.4, -0.2) is 25.1 Å². The summed E-state index contributed by atoms with van der Waals surface area (Å²) in [7, 11) is 0. The molecule has 0 aromatic carbocycles. The van der Waals surface area contributed by atoms with Crippen molar-refractivity contribution < 1.29 is 0 Å². The topological polar surface area (TPSA) is 87.3 Å². The number of H-pyrrole nitrogens is 2. The zero-order valence-corrected chi connectivity index (χ0v) is 15.2. The van der Waals surface area contributed by atoms with Crippen molar-refractivity contribution in [3.05, 3.63) is 32.4 Å². The fourth-order valence-electron chi connectivity index (χ4n) is 2.36. The van der Waals surface area contributed by atoms with Crippen LogP contribution in [-0.2, 0) is 6.42 Å². The number of hydrogen-bond acceptors (Lipinski definition) is 6. The molecule has 0 saturated carbocycles. The van der Waals surface area contributed by atoms with E-state index in [4.69, 9.17) is 0 Å².